The Morgan fingerprint density at radius 1 is 1.33 bits per heavy atom. The first-order valence-corrected chi connectivity index (χ1v) is 4.23. The molecule has 0 fully saturated rings. The average Bonchev–Trinajstić information content (AvgIpc) is 2.26. The summed E-state index contributed by atoms with van der Waals surface area (Å²) in [5.41, 5.74) is 0.662. The zero-order chi connectivity index (χ0) is 11.3. The highest BCUT2D eigenvalue weighted by Crippen LogP contribution is 2.18. The van der Waals surface area contributed by atoms with Gasteiger partial charge in [0.25, 0.3) is 5.78 Å². The molecule has 0 spiro atoms. The quantitative estimate of drug-likeness (QED) is 0.596. The van der Waals surface area contributed by atoms with Crippen LogP contribution < -0.4 is 4.74 Å². The highest BCUT2D eigenvalue weighted by Gasteiger charge is 2.06. The zero-order valence-electron chi connectivity index (χ0n) is 8.14. The van der Waals surface area contributed by atoms with Crippen LogP contribution in [0.3, 0.4) is 0 Å². The molecule has 0 unspecified atom stereocenters. The Balaban J connectivity index is 2.89. The molecule has 4 heteroatoms. The second-order valence-corrected chi connectivity index (χ2v) is 2.74. The van der Waals surface area contributed by atoms with Crippen LogP contribution >= 0.6 is 0 Å². The molecule has 0 heterocycles. The number of hydrogen-bond donors (Lipinski definition) is 1. The molecule has 1 aromatic rings. The number of methoxy groups -OCH3 is 1. The molecule has 0 aliphatic carbocycles. The molecule has 0 saturated heterocycles. The van der Waals surface area contributed by atoms with Gasteiger partial charge in [-0.1, -0.05) is 18.2 Å². The summed E-state index contributed by atoms with van der Waals surface area (Å²) in [6.07, 6.45) is 2.41. The fourth-order valence-corrected chi connectivity index (χ4v) is 1.04. The lowest BCUT2D eigenvalue weighted by molar-refractivity contribution is -0.146. The largest absolute Gasteiger partial charge is 0.496 e. The summed E-state index contributed by atoms with van der Waals surface area (Å²) in [5, 5.41) is 8.35. The predicted molar refractivity (Wildman–Crippen MR) is 54.7 cm³/mol. The molecule has 0 aliphatic heterocycles. The summed E-state index contributed by atoms with van der Waals surface area (Å²) in [5.74, 6) is -1.84. The van der Waals surface area contributed by atoms with E-state index in [1.165, 1.54) is 13.2 Å². The fourth-order valence-electron chi connectivity index (χ4n) is 1.04. The number of para-hydroxylation sites is 1. The van der Waals surface area contributed by atoms with Gasteiger partial charge < -0.3 is 9.84 Å². The van der Waals surface area contributed by atoms with Crippen molar-refractivity contribution in [2.45, 2.75) is 0 Å². The third-order valence-corrected chi connectivity index (χ3v) is 1.76. The Kier molecular flexibility index (Phi) is 3.62. The van der Waals surface area contributed by atoms with Crippen molar-refractivity contribution in [3.8, 4) is 5.75 Å². The molecule has 0 bridgehead atoms. The van der Waals surface area contributed by atoms with E-state index in [1.54, 1.807) is 24.3 Å². The second-order valence-electron chi connectivity index (χ2n) is 2.74. The van der Waals surface area contributed by atoms with Gasteiger partial charge in [-0.3, -0.25) is 4.79 Å². The summed E-state index contributed by atoms with van der Waals surface area (Å²) in [4.78, 5) is 21.0. The Hall–Kier alpha value is -2.10. The number of benzene rings is 1. The van der Waals surface area contributed by atoms with Gasteiger partial charge in [-0.2, -0.15) is 0 Å². The van der Waals surface area contributed by atoms with Gasteiger partial charge in [-0.05, 0) is 18.2 Å². The summed E-state index contributed by atoms with van der Waals surface area (Å²) in [7, 11) is 1.51. The molecule has 15 heavy (non-hydrogen) atoms. The molecule has 0 saturated carbocycles. The summed E-state index contributed by atoms with van der Waals surface area (Å²) >= 11 is 0. The van der Waals surface area contributed by atoms with E-state index in [1.807, 2.05) is 0 Å². The summed E-state index contributed by atoms with van der Waals surface area (Å²) in [6, 6.07) is 7.01. The maximum Gasteiger partial charge on any atom is 0.376 e. The van der Waals surface area contributed by atoms with Crippen molar-refractivity contribution in [1.82, 2.24) is 0 Å². The Labute approximate surface area is 86.8 Å². The number of ether oxygens (including phenoxy) is 1. The van der Waals surface area contributed by atoms with E-state index in [0.717, 1.165) is 6.08 Å². The molecule has 1 rings (SSSR count). The molecule has 0 radical (unpaired) electrons. The lowest BCUT2D eigenvalue weighted by Gasteiger charge is -2.02. The van der Waals surface area contributed by atoms with E-state index in [9.17, 15) is 9.59 Å². The van der Waals surface area contributed by atoms with Crippen LogP contribution in [0, 0.1) is 0 Å². The minimum atomic E-state index is -1.47. The Morgan fingerprint density at radius 3 is 2.60 bits per heavy atom. The van der Waals surface area contributed by atoms with Crippen LogP contribution in [0.15, 0.2) is 30.3 Å². The highest BCUT2D eigenvalue weighted by atomic mass is 16.5. The van der Waals surface area contributed by atoms with Crippen molar-refractivity contribution >= 4 is 17.8 Å². The van der Waals surface area contributed by atoms with Crippen molar-refractivity contribution in [3.05, 3.63) is 35.9 Å². The standard InChI is InChI=1S/C11H10O4/c1-15-10-5-3-2-4-8(10)6-7-9(12)11(13)14/h2-7H,1H3,(H,13,14). The van der Waals surface area contributed by atoms with Gasteiger partial charge >= 0.3 is 5.97 Å². The molecular weight excluding hydrogens is 196 g/mol. The summed E-state index contributed by atoms with van der Waals surface area (Å²) < 4.78 is 5.03. The number of aliphatic carboxylic acids is 1. The van der Waals surface area contributed by atoms with Crippen molar-refractivity contribution in [1.29, 1.82) is 0 Å². The normalized spacial score (nSPS) is 10.2. The predicted octanol–water partition coefficient (Wildman–Crippen LogP) is 1.36. The maximum atomic E-state index is 10.8. The molecule has 1 N–H and O–H groups in total. The lowest BCUT2D eigenvalue weighted by atomic mass is 10.1. The number of rotatable bonds is 4. The second kappa shape index (κ2) is 4.95. The van der Waals surface area contributed by atoms with Crippen LogP contribution in [-0.2, 0) is 9.59 Å². The molecule has 0 amide bonds. The maximum absolute atomic E-state index is 10.8. The van der Waals surface area contributed by atoms with Crippen molar-refractivity contribution < 1.29 is 19.4 Å². The smallest absolute Gasteiger partial charge is 0.376 e. The topological polar surface area (TPSA) is 63.6 Å². The van der Waals surface area contributed by atoms with Crippen LogP contribution in [0.2, 0.25) is 0 Å². The number of carbonyl (C=O) groups excluding carboxylic acids is 1. The fraction of sp³-hybridized carbons (Fsp3) is 0.0909. The number of carbonyl (C=O) groups is 2. The summed E-state index contributed by atoms with van der Waals surface area (Å²) in [6.45, 7) is 0. The van der Waals surface area contributed by atoms with E-state index in [2.05, 4.69) is 0 Å². The first kappa shape index (κ1) is 11.0. The van der Waals surface area contributed by atoms with Gasteiger partial charge in [0.1, 0.15) is 5.75 Å². The monoisotopic (exact) mass is 206 g/mol. The van der Waals surface area contributed by atoms with Crippen LogP contribution in [0.4, 0.5) is 0 Å². The minimum absolute atomic E-state index is 0.590. The van der Waals surface area contributed by atoms with E-state index < -0.39 is 11.8 Å². The Bertz CT molecular complexity index is 407. The van der Waals surface area contributed by atoms with Crippen LogP contribution in [0.25, 0.3) is 6.08 Å². The van der Waals surface area contributed by atoms with E-state index in [-0.39, 0.29) is 0 Å². The van der Waals surface area contributed by atoms with Gasteiger partial charge in [0.15, 0.2) is 0 Å². The van der Waals surface area contributed by atoms with E-state index in [0.29, 0.717) is 11.3 Å². The number of carboxylic acid groups (broad SMARTS) is 1. The molecule has 0 aliphatic rings. The van der Waals surface area contributed by atoms with Gasteiger partial charge in [-0.15, -0.1) is 0 Å². The van der Waals surface area contributed by atoms with Crippen molar-refractivity contribution in [2.75, 3.05) is 7.11 Å². The van der Waals surface area contributed by atoms with Crippen molar-refractivity contribution in [2.24, 2.45) is 0 Å². The average molecular weight is 206 g/mol. The first-order chi connectivity index (χ1) is 7.15. The van der Waals surface area contributed by atoms with Crippen LogP contribution in [0.1, 0.15) is 5.56 Å². The molecule has 0 atom stereocenters. The van der Waals surface area contributed by atoms with Gasteiger partial charge in [0.05, 0.1) is 7.11 Å². The zero-order valence-corrected chi connectivity index (χ0v) is 8.14. The molecular formula is C11H10O4. The third-order valence-electron chi connectivity index (χ3n) is 1.76. The molecule has 4 nitrogen and oxygen atoms in total. The van der Waals surface area contributed by atoms with Crippen LogP contribution in [0.5, 0.6) is 5.75 Å². The van der Waals surface area contributed by atoms with Gasteiger partial charge in [0, 0.05) is 5.56 Å². The minimum Gasteiger partial charge on any atom is -0.496 e. The van der Waals surface area contributed by atoms with E-state index in [4.69, 9.17) is 9.84 Å². The molecule has 0 aromatic heterocycles. The van der Waals surface area contributed by atoms with Gasteiger partial charge in [-0.25, -0.2) is 4.79 Å². The highest BCUT2D eigenvalue weighted by molar-refractivity contribution is 6.38. The lowest BCUT2D eigenvalue weighted by Crippen LogP contribution is -2.08. The molecule has 78 valence electrons. The van der Waals surface area contributed by atoms with Crippen molar-refractivity contribution in [3.63, 3.8) is 0 Å². The molecule has 1 aromatic carbocycles. The third kappa shape index (κ3) is 2.95. The van der Waals surface area contributed by atoms with Gasteiger partial charge in [0.2, 0.25) is 0 Å². The number of ketones is 1. The number of carboxylic acids is 1. The SMILES string of the molecule is COc1ccccc1C=CC(=O)C(=O)O. The Morgan fingerprint density at radius 2 is 2.00 bits per heavy atom. The van der Waals surface area contributed by atoms with E-state index >= 15 is 0 Å². The number of hydrogen-bond acceptors (Lipinski definition) is 3. The first-order valence-electron chi connectivity index (χ1n) is 4.23. The van der Waals surface area contributed by atoms with Crippen LogP contribution in [-0.4, -0.2) is 24.0 Å².